The van der Waals surface area contributed by atoms with Crippen LogP contribution in [0.4, 0.5) is 48.1 Å². The zero-order chi connectivity index (χ0) is 23.2. The molecule has 166 valence electrons. The molecule has 8 nitrogen and oxygen atoms in total. The van der Waals surface area contributed by atoms with Crippen LogP contribution in [0.15, 0.2) is 72.9 Å². The molecule has 2 heterocycles. The molecule has 0 spiro atoms. The van der Waals surface area contributed by atoms with Crippen molar-refractivity contribution in [3.8, 4) is 0 Å². The fraction of sp³-hybridized carbons (Fsp3) is 0.0435. The summed E-state index contributed by atoms with van der Waals surface area (Å²) in [5, 5.41) is 11.4. The number of hydrogen-bond acceptors (Lipinski definition) is 6. The lowest BCUT2D eigenvalue weighted by Gasteiger charge is -2.11. The van der Waals surface area contributed by atoms with Crippen molar-refractivity contribution in [1.29, 1.82) is 0 Å². The summed E-state index contributed by atoms with van der Waals surface area (Å²) in [6.45, 7) is 1.79. The number of carbonyl (C=O) groups excluding carboxylic acids is 1. The number of aromatic nitrogens is 3. The van der Waals surface area contributed by atoms with Crippen molar-refractivity contribution in [3.05, 3.63) is 90.4 Å². The van der Waals surface area contributed by atoms with Crippen molar-refractivity contribution in [2.24, 2.45) is 0 Å². The van der Waals surface area contributed by atoms with E-state index < -0.39 is 17.7 Å². The van der Waals surface area contributed by atoms with Crippen LogP contribution < -0.4 is 21.3 Å². The zero-order valence-corrected chi connectivity index (χ0v) is 17.4. The molecule has 0 fully saturated rings. The van der Waals surface area contributed by atoms with E-state index in [2.05, 4.69) is 36.2 Å². The first kappa shape index (κ1) is 21.6. The zero-order valence-electron chi connectivity index (χ0n) is 17.4. The third kappa shape index (κ3) is 5.97. The predicted octanol–water partition coefficient (Wildman–Crippen LogP) is 5.59. The largest absolute Gasteiger partial charge is 0.340 e. The van der Waals surface area contributed by atoms with Gasteiger partial charge in [0.05, 0.1) is 0 Å². The Morgan fingerprint density at radius 2 is 1.39 bits per heavy atom. The molecular formula is C23H19F2N7O. The fourth-order valence-electron chi connectivity index (χ4n) is 2.92. The van der Waals surface area contributed by atoms with Gasteiger partial charge in [0.1, 0.15) is 23.3 Å². The number of anilines is 6. The highest BCUT2D eigenvalue weighted by atomic mass is 19.2. The first-order valence-electron chi connectivity index (χ1n) is 9.88. The number of urea groups is 1. The van der Waals surface area contributed by atoms with Crippen molar-refractivity contribution >= 4 is 40.5 Å². The Kier molecular flexibility index (Phi) is 6.35. The third-order valence-electron chi connectivity index (χ3n) is 4.35. The lowest BCUT2D eigenvalue weighted by Crippen LogP contribution is -2.19. The standard InChI is InChI=1S/C23H19F2N7O/c1-14-27-21(13-22(28-14)32-20-4-2-3-11-26-20)29-15-5-7-16(8-6-15)30-23(33)31-17-9-10-18(24)19(25)12-17/h2-13H,1H3,(H2,30,31,33)(H2,26,27,28,29,32). The van der Waals surface area contributed by atoms with Crippen LogP contribution in [-0.2, 0) is 0 Å². The van der Waals surface area contributed by atoms with E-state index in [4.69, 9.17) is 0 Å². The summed E-state index contributed by atoms with van der Waals surface area (Å²) in [4.78, 5) is 25.1. The SMILES string of the molecule is Cc1nc(Nc2ccc(NC(=O)Nc3ccc(F)c(F)c3)cc2)cc(Nc2ccccn2)n1. The Bertz CT molecular complexity index is 1270. The van der Waals surface area contributed by atoms with Gasteiger partial charge in [0.25, 0.3) is 0 Å². The Balaban J connectivity index is 1.38. The monoisotopic (exact) mass is 447 g/mol. The average Bonchev–Trinajstić information content (AvgIpc) is 2.78. The number of carbonyl (C=O) groups is 1. The van der Waals surface area contributed by atoms with Gasteiger partial charge in [-0.05, 0) is 55.5 Å². The number of halogens is 2. The van der Waals surface area contributed by atoms with Gasteiger partial charge in [-0.25, -0.2) is 28.5 Å². The van der Waals surface area contributed by atoms with Gasteiger partial charge in [0.15, 0.2) is 11.6 Å². The van der Waals surface area contributed by atoms with Crippen LogP contribution >= 0.6 is 0 Å². The summed E-state index contributed by atoms with van der Waals surface area (Å²) in [5.41, 5.74) is 1.39. The quantitative estimate of drug-likeness (QED) is 0.307. The van der Waals surface area contributed by atoms with Gasteiger partial charge in [-0.2, -0.15) is 0 Å². The highest BCUT2D eigenvalue weighted by molar-refractivity contribution is 5.99. The molecule has 0 atom stereocenters. The van der Waals surface area contributed by atoms with Gasteiger partial charge in [-0.3, -0.25) is 0 Å². The predicted molar refractivity (Wildman–Crippen MR) is 123 cm³/mol. The summed E-state index contributed by atoms with van der Waals surface area (Å²) in [7, 11) is 0. The summed E-state index contributed by atoms with van der Waals surface area (Å²) in [6.07, 6.45) is 1.68. The van der Waals surface area contributed by atoms with Crippen LogP contribution in [0.5, 0.6) is 0 Å². The Hall–Kier alpha value is -4.60. The summed E-state index contributed by atoms with van der Waals surface area (Å²) < 4.78 is 26.3. The number of rotatable bonds is 6. The van der Waals surface area contributed by atoms with Crippen LogP contribution in [0.1, 0.15) is 5.82 Å². The fourth-order valence-corrected chi connectivity index (χ4v) is 2.92. The number of hydrogen-bond donors (Lipinski definition) is 4. The molecule has 0 saturated heterocycles. The van der Waals surface area contributed by atoms with Crippen LogP contribution in [0, 0.1) is 18.6 Å². The molecule has 0 bridgehead atoms. The van der Waals surface area contributed by atoms with Gasteiger partial charge in [-0.1, -0.05) is 6.07 Å². The molecule has 0 aliphatic carbocycles. The maximum atomic E-state index is 13.3. The molecule has 0 aliphatic rings. The maximum Gasteiger partial charge on any atom is 0.323 e. The summed E-state index contributed by atoms with van der Waals surface area (Å²) in [6, 6.07) is 16.7. The van der Waals surface area contributed by atoms with Crippen LogP contribution in [0.2, 0.25) is 0 Å². The summed E-state index contributed by atoms with van der Waals surface area (Å²) in [5.74, 6) is 0.391. The Morgan fingerprint density at radius 1 is 0.727 bits per heavy atom. The van der Waals surface area contributed by atoms with E-state index in [9.17, 15) is 13.6 Å². The minimum Gasteiger partial charge on any atom is -0.340 e. The minimum atomic E-state index is -1.04. The summed E-state index contributed by atoms with van der Waals surface area (Å²) >= 11 is 0. The van der Waals surface area contributed by atoms with Gasteiger partial charge >= 0.3 is 6.03 Å². The van der Waals surface area contributed by atoms with E-state index in [-0.39, 0.29) is 5.69 Å². The van der Waals surface area contributed by atoms with Crippen LogP contribution in [-0.4, -0.2) is 21.0 Å². The minimum absolute atomic E-state index is 0.138. The van der Waals surface area contributed by atoms with Gasteiger partial charge in [0, 0.05) is 35.4 Å². The molecular weight excluding hydrogens is 428 g/mol. The van der Waals surface area contributed by atoms with Gasteiger partial charge in [0.2, 0.25) is 0 Å². The molecule has 0 radical (unpaired) electrons. The topological polar surface area (TPSA) is 104 Å². The van der Waals surface area contributed by atoms with Crippen molar-refractivity contribution in [1.82, 2.24) is 15.0 Å². The molecule has 4 N–H and O–H groups in total. The highest BCUT2D eigenvalue weighted by Gasteiger charge is 2.07. The van der Waals surface area contributed by atoms with E-state index in [1.165, 1.54) is 6.07 Å². The Morgan fingerprint density at radius 3 is 2.09 bits per heavy atom. The molecule has 4 rings (SSSR count). The van der Waals surface area contributed by atoms with Crippen LogP contribution in [0.3, 0.4) is 0 Å². The number of nitrogens with zero attached hydrogens (tertiary/aromatic N) is 3. The lowest BCUT2D eigenvalue weighted by molar-refractivity contribution is 0.262. The molecule has 2 aromatic heterocycles. The smallest absolute Gasteiger partial charge is 0.323 e. The third-order valence-corrected chi connectivity index (χ3v) is 4.35. The van der Waals surface area contributed by atoms with E-state index in [1.54, 1.807) is 43.5 Å². The van der Waals surface area contributed by atoms with E-state index >= 15 is 0 Å². The molecule has 0 saturated carbocycles. The van der Waals surface area contributed by atoms with Gasteiger partial charge < -0.3 is 21.3 Å². The molecule has 0 aliphatic heterocycles. The number of benzene rings is 2. The van der Waals surface area contributed by atoms with Crippen molar-refractivity contribution in [2.75, 3.05) is 21.3 Å². The number of amides is 2. The normalized spacial score (nSPS) is 10.4. The lowest BCUT2D eigenvalue weighted by atomic mass is 10.2. The second kappa shape index (κ2) is 9.69. The van der Waals surface area contributed by atoms with Crippen molar-refractivity contribution < 1.29 is 13.6 Å². The molecule has 2 amide bonds. The second-order valence-electron chi connectivity index (χ2n) is 6.94. The van der Waals surface area contributed by atoms with E-state index in [1.807, 2.05) is 18.2 Å². The van der Waals surface area contributed by atoms with E-state index in [0.717, 1.165) is 17.8 Å². The first-order chi connectivity index (χ1) is 15.9. The maximum absolute atomic E-state index is 13.3. The number of nitrogens with one attached hydrogen (secondary N) is 4. The number of aryl methyl sites for hydroxylation is 1. The van der Waals surface area contributed by atoms with Crippen molar-refractivity contribution in [3.63, 3.8) is 0 Å². The van der Waals surface area contributed by atoms with Crippen LogP contribution in [0.25, 0.3) is 0 Å². The van der Waals surface area contributed by atoms with Gasteiger partial charge in [-0.15, -0.1) is 0 Å². The second-order valence-corrected chi connectivity index (χ2v) is 6.94. The van der Waals surface area contributed by atoms with Crippen molar-refractivity contribution in [2.45, 2.75) is 6.92 Å². The molecule has 2 aromatic carbocycles. The number of pyridine rings is 1. The highest BCUT2D eigenvalue weighted by Crippen LogP contribution is 2.21. The Labute approximate surface area is 188 Å². The first-order valence-corrected chi connectivity index (χ1v) is 9.88. The molecule has 33 heavy (non-hydrogen) atoms. The molecule has 10 heteroatoms. The molecule has 4 aromatic rings. The molecule has 0 unspecified atom stereocenters. The average molecular weight is 447 g/mol. The van der Waals surface area contributed by atoms with E-state index in [0.29, 0.717) is 29.0 Å².